The summed E-state index contributed by atoms with van der Waals surface area (Å²) in [6, 6.07) is 18.1. The first-order chi connectivity index (χ1) is 12.6. The van der Waals surface area contributed by atoms with E-state index in [4.69, 9.17) is 4.74 Å². The zero-order valence-corrected chi connectivity index (χ0v) is 15.3. The minimum Gasteiger partial charge on any atom is -0.496 e. The summed E-state index contributed by atoms with van der Waals surface area (Å²) in [6.07, 6.45) is 0. The Hall–Kier alpha value is -2.85. The van der Waals surface area contributed by atoms with Crippen LogP contribution in [0, 0.1) is 0 Å². The molecule has 26 heavy (non-hydrogen) atoms. The van der Waals surface area contributed by atoms with Crippen molar-refractivity contribution >= 4 is 32.4 Å². The van der Waals surface area contributed by atoms with Crippen LogP contribution in [0.15, 0.2) is 59.4 Å². The molecule has 0 aliphatic carbocycles. The number of methoxy groups -OCH3 is 1. The van der Waals surface area contributed by atoms with Crippen LogP contribution >= 0.6 is 0 Å². The van der Waals surface area contributed by atoms with E-state index in [-0.39, 0.29) is 5.56 Å². The lowest BCUT2D eigenvalue weighted by Crippen LogP contribution is -2.27. The second kappa shape index (κ2) is 6.46. The van der Waals surface area contributed by atoms with E-state index in [0.717, 1.165) is 44.7 Å². The van der Waals surface area contributed by atoms with E-state index in [1.807, 2.05) is 55.1 Å². The monoisotopic (exact) mass is 346 g/mol. The van der Waals surface area contributed by atoms with Gasteiger partial charge in [0.15, 0.2) is 0 Å². The van der Waals surface area contributed by atoms with E-state index in [9.17, 15) is 4.79 Å². The Bertz CT molecular complexity index is 1180. The van der Waals surface area contributed by atoms with E-state index < -0.39 is 0 Å². The average molecular weight is 346 g/mol. The molecule has 0 saturated heterocycles. The van der Waals surface area contributed by atoms with Crippen molar-refractivity contribution in [2.45, 2.75) is 6.54 Å². The Labute approximate surface area is 152 Å². The maximum absolute atomic E-state index is 13.3. The molecule has 0 spiro atoms. The van der Waals surface area contributed by atoms with Crippen molar-refractivity contribution in [3.8, 4) is 5.75 Å². The second-order valence-corrected chi connectivity index (χ2v) is 6.82. The molecule has 4 rings (SSSR count). The molecule has 0 radical (unpaired) electrons. The number of ether oxygens (including phenoxy) is 1. The summed E-state index contributed by atoms with van der Waals surface area (Å²) in [4.78, 5) is 15.4. The van der Waals surface area contributed by atoms with Gasteiger partial charge < -0.3 is 14.2 Å². The van der Waals surface area contributed by atoms with Gasteiger partial charge in [0.25, 0.3) is 5.56 Å². The van der Waals surface area contributed by atoms with Crippen molar-refractivity contribution in [3.05, 3.63) is 65.0 Å². The van der Waals surface area contributed by atoms with Crippen molar-refractivity contribution < 1.29 is 4.74 Å². The topological polar surface area (TPSA) is 34.5 Å². The maximum Gasteiger partial charge on any atom is 0.258 e. The van der Waals surface area contributed by atoms with E-state index >= 15 is 0 Å². The third-order valence-corrected chi connectivity index (χ3v) is 4.95. The molecule has 0 unspecified atom stereocenters. The summed E-state index contributed by atoms with van der Waals surface area (Å²) in [5, 5.41) is 4.93. The van der Waals surface area contributed by atoms with E-state index in [2.05, 4.69) is 23.1 Å². The smallest absolute Gasteiger partial charge is 0.258 e. The Morgan fingerprint density at radius 3 is 2.23 bits per heavy atom. The number of benzene rings is 3. The predicted molar refractivity (Wildman–Crippen MR) is 108 cm³/mol. The summed E-state index contributed by atoms with van der Waals surface area (Å²) in [5.74, 6) is 0.823. The fraction of sp³-hybridized carbons (Fsp3) is 0.227. The fourth-order valence-corrected chi connectivity index (χ4v) is 3.66. The highest BCUT2D eigenvalue weighted by Crippen LogP contribution is 2.33. The Morgan fingerprint density at radius 2 is 1.50 bits per heavy atom. The van der Waals surface area contributed by atoms with E-state index in [0.29, 0.717) is 6.54 Å². The number of fused-ring (bicyclic) bond motifs is 5. The molecule has 1 aromatic heterocycles. The molecule has 132 valence electrons. The van der Waals surface area contributed by atoms with Crippen molar-refractivity contribution in [3.63, 3.8) is 0 Å². The van der Waals surface area contributed by atoms with E-state index in [1.54, 1.807) is 7.11 Å². The molecule has 4 aromatic rings. The number of hydrogen-bond donors (Lipinski definition) is 0. The molecule has 0 fully saturated rings. The standard InChI is InChI=1S/C22H22N2O2/c1-23(2)13-14-24-21-17-9-6-10-20(26-3)16(17)11-12-18(21)15-7-4-5-8-19(15)22(24)25/h4-12H,13-14H2,1-3H3. The van der Waals surface area contributed by atoms with Crippen LogP contribution in [0.3, 0.4) is 0 Å². The minimum atomic E-state index is 0.0604. The second-order valence-electron chi connectivity index (χ2n) is 6.82. The van der Waals surface area contributed by atoms with Gasteiger partial charge >= 0.3 is 0 Å². The third-order valence-electron chi connectivity index (χ3n) is 4.95. The van der Waals surface area contributed by atoms with Gasteiger partial charge in [-0.3, -0.25) is 4.79 Å². The predicted octanol–water partition coefficient (Wildman–Crippen LogP) is 3.88. The molecule has 1 heterocycles. The zero-order chi connectivity index (χ0) is 18.3. The normalized spacial score (nSPS) is 11.7. The summed E-state index contributed by atoms with van der Waals surface area (Å²) in [5.41, 5.74) is 1.04. The first kappa shape index (κ1) is 16.6. The van der Waals surface area contributed by atoms with Gasteiger partial charge in [0.1, 0.15) is 5.75 Å². The molecule has 3 aromatic carbocycles. The van der Waals surface area contributed by atoms with Gasteiger partial charge in [-0.05, 0) is 37.7 Å². The quantitative estimate of drug-likeness (QED) is 0.526. The number of nitrogens with zero attached hydrogens (tertiary/aromatic N) is 2. The molecule has 0 aliphatic rings. The lowest BCUT2D eigenvalue weighted by molar-refractivity contribution is 0.385. The lowest BCUT2D eigenvalue weighted by Gasteiger charge is -2.18. The van der Waals surface area contributed by atoms with Crippen LogP contribution in [0.5, 0.6) is 5.75 Å². The highest BCUT2D eigenvalue weighted by Gasteiger charge is 2.14. The Balaban J connectivity index is 2.20. The number of likely N-dealkylation sites (N-methyl/N-ethyl adjacent to an activating group) is 1. The highest BCUT2D eigenvalue weighted by molar-refractivity contribution is 6.16. The zero-order valence-electron chi connectivity index (χ0n) is 15.3. The first-order valence-corrected chi connectivity index (χ1v) is 8.77. The van der Waals surface area contributed by atoms with Crippen LogP contribution in [-0.4, -0.2) is 37.2 Å². The summed E-state index contributed by atoms with van der Waals surface area (Å²) in [7, 11) is 5.73. The molecule has 0 saturated carbocycles. The van der Waals surface area contributed by atoms with Crippen molar-refractivity contribution in [2.24, 2.45) is 0 Å². The largest absolute Gasteiger partial charge is 0.496 e. The fourth-order valence-electron chi connectivity index (χ4n) is 3.66. The minimum absolute atomic E-state index is 0.0604. The number of pyridine rings is 1. The summed E-state index contributed by atoms with van der Waals surface area (Å²) < 4.78 is 7.45. The van der Waals surface area contributed by atoms with Crippen LogP contribution in [0.2, 0.25) is 0 Å². The van der Waals surface area contributed by atoms with E-state index in [1.165, 1.54) is 0 Å². The SMILES string of the molecule is COc1cccc2c1ccc1c3ccccc3c(=O)n(CCN(C)C)c21. The molecule has 0 atom stereocenters. The van der Waals surface area contributed by atoms with Crippen LogP contribution in [0.4, 0.5) is 0 Å². The van der Waals surface area contributed by atoms with Gasteiger partial charge in [0.2, 0.25) is 0 Å². The molecule has 4 nitrogen and oxygen atoms in total. The first-order valence-electron chi connectivity index (χ1n) is 8.77. The van der Waals surface area contributed by atoms with Crippen molar-refractivity contribution in [1.82, 2.24) is 9.47 Å². The van der Waals surface area contributed by atoms with Gasteiger partial charge in [-0.25, -0.2) is 0 Å². The van der Waals surface area contributed by atoms with Gasteiger partial charge in [0.05, 0.1) is 12.6 Å². The van der Waals surface area contributed by atoms with Crippen LogP contribution in [-0.2, 0) is 6.54 Å². The lowest BCUT2D eigenvalue weighted by atomic mass is 10.0. The molecular formula is C22H22N2O2. The number of rotatable bonds is 4. The number of hydrogen-bond acceptors (Lipinski definition) is 3. The molecule has 4 heteroatoms. The van der Waals surface area contributed by atoms with Crippen LogP contribution in [0.1, 0.15) is 0 Å². The molecule has 0 bridgehead atoms. The van der Waals surface area contributed by atoms with Gasteiger partial charge in [0, 0.05) is 34.6 Å². The Morgan fingerprint density at radius 1 is 0.846 bits per heavy atom. The van der Waals surface area contributed by atoms with Crippen molar-refractivity contribution in [1.29, 1.82) is 0 Å². The molecule has 0 N–H and O–H groups in total. The number of aromatic nitrogens is 1. The third kappa shape index (κ3) is 2.54. The van der Waals surface area contributed by atoms with Crippen LogP contribution < -0.4 is 10.3 Å². The van der Waals surface area contributed by atoms with Gasteiger partial charge in [-0.1, -0.05) is 36.4 Å². The van der Waals surface area contributed by atoms with Gasteiger partial charge in [-0.15, -0.1) is 0 Å². The molecule has 0 amide bonds. The maximum atomic E-state index is 13.3. The van der Waals surface area contributed by atoms with Crippen LogP contribution in [0.25, 0.3) is 32.4 Å². The highest BCUT2D eigenvalue weighted by atomic mass is 16.5. The summed E-state index contributed by atoms with van der Waals surface area (Å²) >= 11 is 0. The summed E-state index contributed by atoms with van der Waals surface area (Å²) in [6.45, 7) is 1.44. The Kier molecular flexibility index (Phi) is 4.13. The van der Waals surface area contributed by atoms with Crippen molar-refractivity contribution in [2.75, 3.05) is 27.7 Å². The van der Waals surface area contributed by atoms with Gasteiger partial charge in [-0.2, -0.15) is 0 Å². The average Bonchev–Trinajstić information content (AvgIpc) is 2.66. The molecule has 0 aliphatic heterocycles. The molecular weight excluding hydrogens is 324 g/mol.